The van der Waals surface area contributed by atoms with Gasteiger partial charge in [-0.15, -0.1) is 0 Å². The largest absolute Gasteiger partial charge is 0.367 e. The number of fused-ring (bicyclic) bond motifs is 1. The topological polar surface area (TPSA) is 69.3 Å². The number of anilines is 1. The first-order valence-electron chi connectivity index (χ1n) is 9.54. The number of piperazine rings is 1. The van der Waals surface area contributed by atoms with Crippen molar-refractivity contribution in [3.8, 4) is 0 Å². The molecular formula is C21H26N4O2S. The van der Waals surface area contributed by atoms with Gasteiger partial charge in [0.1, 0.15) is 5.65 Å². The summed E-state index contributed by atoms with van der Waals surface area (Å²) in [5.74, 6) is 0. The highest BCUT2D eigenvalue weighted by molar-refractivity contribution is 7.89. The Labute approximate surface area is 166 Å². The highest BCUT2D eigenvalue weighted by Crippen LogP contribution is 2.28. The van der Waals surface area contributed by atoms with Crippen molar-refractivity contribution in [2.75, 3.05) is 31.1 Å². The number of hydrogen-bond acceptors (Lipinski definition) is 4. The van der Waals surface area contributed by atoms with E-state index in [-0.39, 0.29) is 5.41 Å². The molecule has 0 saturated carbocycles. The summed E-state index contributed by atoms with van der Waals surface area (Å²) in [5, 5.41) is 1.07. The van der Waals surface area contributed by atoms with Gasteiger partial charge < -0.3 is 9.88 Å². The molecule has 0 atom stereocenters. The highest BCUT2D eigenvalue weighted by atomic mass is 32.2. The van der Waals surface area contributed by atoms with Crippen LogP contribution in [0.5, 0.6) is 0 Å². The van der Waals surface area contributed by atoms with Crippen LogP contribution >= 0.6 is 0 Å². The lowest BCUT2D eigenvalue weighted by Crippen LogP contribution is -2.48. The van der Waals surface area contributed by atoms with E-state index >= 15 is 0 Å². The summed E-state index contributed by atoms with van der Waals surface area (Å²) >= 11 is 0. The van der Waals surface area contributed by atoms with Crippen molar-refractivity contribution in [2.45, 2.75) is 31.1 Å². The Bertz CT molecular complexity index is 1070. The number of aromatic amines is 1. The number of rotatable bonds is 3. The molecule has 0 amide bonds. The minimum atomic E-state index is -3.47. The molecule has 4 rings (SSSR count). The average Bonchev–Trinajstić information content (AvgIpc) is 3.12. The minimum absolute atomic E-state index is 0.00209. The Balaban J connectivity index is 1.49. The van der Waals surface area contributed by atoms with Crippen LogP contribution in [0.25, 0.3) is 11.0 Å². The van der Waals surface area contributed by atoms with Crippen molar-refractivity contribution in [3.63, 3.8) is 0 Å². The number of nitrogens with zero attached hydrogens (tertiary/aromatic N) is 3. The fraction of sp³-hybridized carbons (Fsp3) is 0.381. The quantitative estimate of drug-likeness (QED) is 0.734. The van der Waals surface area contributed by atoms with Crippen LogP contribution in [0, 0.1) is 0 Å². The number of H-pyrrole nitrogens is 1. The van der Waals surface area contributed by atoms with Gasteiger partial charge >= 0.3 is 0 Å². The Morgan fingerprint density at radius 2 is 1.68 bits per heavy atom. The van der Waals surface area contributed by atoms with Crippen LogP contribution in [0.1, 0.15) is 26.3 Å². The van der Waals surface area contributed by atoms with Crippen LogP contribution in [-0.2, 0) is 15.4 Å². The lowest BCUT2D eigenvalue weighted by atomic mass is 9.87. The van der Waals surface area contributed by atoms with Crippen molar-refractivity contribution in [1.82, 2.24) is 14.3 Å². The third-order valence-electron chi connectivity index (χ3n) is 5.37. The molecule has 0 spiro atoms. The second-order valence-electron chi connectivity index (χ2n) is 8.24. The maximum Gasteiger partial charge on any atom is 0.243 e. The van der Waals surface area contributed by atoms with Crippen LogP contribution in [0.4, 0.5) is 5.69 Å². The smallest absolute Gasteiger partial charge is 0.243 e. The van der Waals surface area contributed by atoms with Gasteiger partial charge in [0.2, 0.25) is 10.0 Å². The van der Waals surface area contributed by atoms with Gasteiger partial charge in [-0.1, -0.05) is 32.9 Å². The Morgan fingerprint density at radius 3 is 2.32 bits per heavy atom. The van der Waals surface area contributed by atoms with Gasteiger partial charge in [0.15, 0.2) is 0 Å². The Morgan fingerprint density at radius 1 is 1.00 bits per heavy atom. The van der Waals surface area contributed by atoms with E-state index in [1.54, 1.807) is 22.6 Å². The number of benzene rings is 1. The van der Waals surface area contributed by atoms with Crippen molar-refractivity contribution in [3.05, 3.63) is 54.4 Å². The minimum Gasteiger partial charge on any atom is -0.367 e. The summed E-state index contributed by atoms with van der Waals surface area (Å²) < 4.78 is 27.7. The summed E-state index contributed by atoms with van der Waals surface area (Å²) in [6.07, 6.45) is 3.71. The zero-order valence-corrected chi connectivity index (χ0v) is 17.3. The van der Waals surface area contributed by atoms with Crippen molar-refractivity contribution < 1.29 is 8.42 Å². The van der Waals surface area contributed by atoms with Gasteiger partial charge in [0.05, 0.1) is 10.6 Å². The Kier molecular flexibility index (Phi) is 4.67. The first kappa shape index (κ1) is 19.0. The molecule has 1 N–H and O–H groups in total. The van der Waals surface area contributed by atoms with Gasteiger partial charge in [-0.3, -0.25) is 0 Å². The normalized spacial score (nSPS) is 16.6. The molecular weight excluding hydrogens is 372 g/mol. The Hall–Kier alpha value is -2.38. The summed E-state index contributed by atoms with van der Waals surface area (Å²) in [7, 11) is -3.47. The SMILES string of the molecule is CC(C)(C)c1ccc(S(=O)(=O)N2CCN(c3c[nH]c4ncccc34)CC2)cc1. The second kappa shape index (κ2) is 6.90. The zero-order chi connectivity index (χ0) is 19.9. The standard InChI is InChI=1S/C21H26N4O2S/c1-21(2,3)16-6-8-17(9-7-16)28(26,27)25-13-11-24(12-14-25)19-15-23-20-18(19)5-4-10-22-20/h4-10,15H,11-14H2,1-3H3,(H,22,23). The van der Waals surface area contributed by atoms with Gasteiger partial charge in [0, 0.05) is 44.0 Å². The van der Waals surface area contributed by atoms with Crippen LogP contribution < -0.4 is 4.90 Å². The predicted molar refractivity (Wildman–Crippen MR) is 112 cm³/mol. The molecule has 0 bridgehead atoms. The predicted octanol–water partition coefficient (Wildman–Crippen LogP) is 3.37. The molecule has 0 radical (unpaired) electrons. The van der Waals surface area contributed by atoms with Gasteiger partial charge in [0.25, 0.3) is 0 Å². The molecule has 1 aliphatic heterocycles. The third-order valence-corrected chi connectivity index (χ3v) is 7.28. The zero-order valence-electron chi connectivity index (χ0n) is 16.5. The first-order valence-corrected chi connectivity index (χ1v) is 11.0. The lowest BCUT2D eigenvalue weighted by Gasteiger charge is -2.35. The molecule has 1 fully saturated rings. The average molecular weight is 399 g/mol. The molecule has 1 aromatic carbocycles. The lowest BCUT2D eigenvalue weighted by molar-refractivity contribution is 0.385. The first-order chi connectivity index (χ1) is 13.3. The molecule has 3 heterocycles. The molecule has 1 aliphatic rings. The van der Waals surface area contributed by atoms with Crippen molar-refractivity contribution in [1.29, 1.82) is 0 Å². The third kappa shape index (κ3) is 3.40. The van der Waals surface area contributed by atoms with E-state index in [9.17, 15) is 8.42 Å². The summed E-state index contributed by atoms with van der Waals surface area (Å²) in [4.78, 5) is 10.1. The van der Waals surface area contributed by atoms with Gasteiger partial charge in [-0.25, -0.2) is 13.4 Å². The molecule has 0 aliphatic carbocycles. The monoisotopic (exact) mass is 398 g/mol. The molecule has 7 heteroatoms. The van der Waals surface area contributed by atoms with E-state index in [2.05, 4.69) is 35.6 Å². The van der Waals surface area contributed by atoms with E-state index in [1.807, 2.05) is 30.5 Å². The number of pyridine rings is 1. The van der Waals surface area contributed by atoms with Crippen LogP contribution in [-0.4, -0.2) is 48.9 Å². The number of nitrogens with one attached hydrogen (secondary N) is 1. The number of aromatic nitrogens is 2. The van der Waals surface area contributed by atoms with Crippen LogP contribution in [0.3, 0.4) is 0 Å². The van der Waals surface area contributed by atoms with Crippen molar-refractivity contribution >= 4 is 26.7 Å². The highest BCUT2D eigenvalue weighted by Gasteiger charge is 2.29. The number of sulfonamides is 1. The van der Waals surface area contributed by atoms with E-state index in [1.165, 1.54) is 0 Å². The van der Waals surface area contributed by atoms with Crippen LogP contribution in [0.15, 0.2) is 53.7 Å². The van der Waals surface area contributed by atoms with Crippen molar-refractivity contribution in [2.24, 2.45) is 0 Å². The fourth-order valence-electron chi connectivity index (χ4n) is 3.65. The molecule has 2 aromatic heterocycles. The number of hydrogen-bond donors (Lipinski definition) is 1. The summed E-state index contributed by atoms with van der Waals surface area (Å²) in [6, 6.07) is 11.3. The molecule has 0 unspecified atom stereocenters. The van der Waals surface area contributed by atoms with Gasteiger partial charge in [-0.05, 0) is 35.2 Å². The van der Waals surface area contributed by atoms with E-state index < -0.39 is 10.0 Å². The summed E-state index contributed by atoms with van der Waals surface area (Å²) in [5.41, 5.74) is 3.06. The fourth-order valence-corrected chi connectivity index (χ4v) is 5.07. The molecule has 6 nitrogen and oxygen atoms in total. The van der Waals surface area contributed by atoms with Crippen LogP contribution in [0.2, 0.25) is 0 Å². The summed E-state index contributed by atoms with van der Waals surface area (Å²) in [6.45, 7) is 8.61. The molecule has 148 valence electrons. The molecule has 1 saturated heterocycles. The van der Waals surface area contributed by atoms with Gasteiger partial charge in [-0.2, -0.15) is 4.31 Å². The van der Waals surface area contributed by atoms with E-state index in [0.717, 1.165) is 22.3 Å². The van der Waals surface area contributed by atoms with E-state index in [0.29, 0.717) is 31.1 Å². The maximum atomic E-state index is 13.0. The maximum absolute atomic E-state index is 13.0. The van der Waals surface area contributed by atoms with E-state index in [4.69, 9.17) is 0 Å². The molecule has 3 aromatic rings. The second-order valence-corrected chi connectivity index (χ2v) is 10.2. The molecule has 28 heavy (non-hydrogen) atoms.